The minimum atomic E-state index is 0.0951. The van der Waals surface area contributed by atoms with Crippen molar-refractivity contribution in [2.75, 3.05) is 39.3 Å². The molecule has 0 aromatic carbocycles. The van der Waals surface area contributed by atoms with Gasteiger partial charge in [-0.3, -0.25) is 4.90 Å². The highest BCUT2D eigenvalue weighted by Gasteiger charge is 2.33. The Hall–Kier alpha value is -0.120. The number of rotatable bonds is 4. The Morgan fingerprint density at radius 2 is 1.79 bits per heavy atom. The molecule has 1 aliphatic heterocycles. The van der Waals surface area contributed by atoms with E-state index < -0.39 is 0 Å². The van der Waals surface area contributed by atoms with Gasteiger partial charge < -0.3 is 10.6 Å². The lowest BCUT2D eigenvalue weighted by molar-refractivity contribution is 0.0857. The molecule has 112 valence electrons. The van der Waals surface area contributed by atoms with E-state index >= 15 is 0 Å². The van der Waals surface area contributed by atoms with E-state index in [2.05, 4.69) is 30.6 Å². The third-order valence-corrected chi connectivity index (χ3v) is 4.75. The maximum absolute atomic E-state index is 6.64. The number of hydrogen-bond donors (Lipinski definition) is 1. The molecule has 1 saturated heterocycles. The minimum Gasteiger partial charge on any atom is -0.324 e. The van der Waals surface area contributed by atoms with Crippen LogP contribution >= 0.6 is 0 Å². The van der Waals surface area contributed by atoms with Crippen LogP contribution in [-0.4, -0.2) is 54.6 Å². The fraction of sp³-hybridized carbons (Fsp3) is 1.00. The predicted molar refractivity (Wildman–Crippen MR) is 82.3 cm³/mol. The lowest BCUT2D eigenvalue weighted by atomic mass is 9.76. The van der Waals surface area contributed by atoms with E-state index in [0.29, 0.717) is 0 Å². The molecule has 0 spiro atoms. The molecular weight excluding hydrogens is 234 g/mol. The highest BCUT2D eigenvalue weighted by atomic mass is 15.3. The summed E-state index contributed by atoms with van der Waals surface area (Å²) < 4.78 is 0. The fourth-order valence-electron chi connectivity index (χ4n) is 3.94. The average molecular weight is 267 g/mol. The SMILES string of the molecule is CC(C)CN1CCN(CC2(N)CCCC(C)C2)CC1. The first kappa shape index (κ1) is 15.3. The summed E-state index contributed by atoms with van der Waals surface area (Å²) in [6.45, 7) is 14.2. The van der Waals surface area contributed by atoms with Crippen LogP contribution < -0.4 is 5.73 Å². The van der Waals surface area contributed by atoms with Crippen molar-refractivity contribution in [2.24, 2.45) is 17.6 Å². The predicted octanol–water partition coefficient (Wildman–Crippen LogP) is 2.17. The number of nitrogens with two attached hydrogens (primary N) is 1. The van der Waals surface area contributed by atoms with Gasteiger partial charge in [0.2, 0.25) is 0 Å². The molecule has 2 aliphatic rings. The van der Waals surface area contributed by atoms with Crippen molar-refractivity contribution in [1.82, 2.24) is 9.80 Å². The Morgan fingerprint density at radius 1 is 1.16 bits per heavy atom. The Balaban J connectivity index is 1.75. The van der Waals surface area contributed by atoms with Crippen molar-refractivity contribution in [1.29, 1.82) is 0 Å². The molecule has 0 amide bonds. The molecule has 2 unspecified atom stereocenters. The Kier molecular flexibility index (Phi) is 5.27. The highest BCUT2D eigenvalue weighted by molar-refractivity contribution is 4.93. The van der Waals surface area contributed by atoms with Crippen molar-refractivity contribution in [2.45, 2.75) is 52.0 Å². The van der Waals surface area contributed by atoms with Gasteiger partial charge in [0.15, 0.2) is 0 Å². The second-order valence-electron chi connectivity index (χ2n) is 7.53. The van der Waals surface area contributed by atoms with Crippen LogP contribution in [0.5, 0.6) is 0 Å². The van der Waals surface area contributed by atoms with Gasteiger partial charge in [0.1, 0.15) is 0 Å². The number of piperazine rings is 1. The van der Waals surface area contributed by atoms with Crippen molar-refractivity contribution in [3.8, 4) is 0 Å². The first-order valence-corrected chi connectivity index (χ1v) is 8.20. The van der Waals surface area contributed by atoms with Crippen molar-refractivity contribution < 1.29 is 0 Å². The zero-order valence-electron chi connectivity index (χ0n) is 13.2. The van der Waals surface area contributed by atoms with Crippen LogP contribution in [0.3, 0.4) is 0 Å². The van der Waals surface area contributed by atoms with Crippen LogP contribution in [0.25, 0.3) is 0 Å². The summed E-state index contributed by atoms with van der Waals surface area (Å²) in [4.78, 5) is 5.21. The van der Waals surface area contributed by atoms with Crippen LogP contribution in [0.4, 0.5) is 0 Å². The monoisotopic (exact) mass is 267 g/mol. The number of nitrogens with zero attached hydrogens (tertiary/aromatic N) is 2. The van der Waals surface area contributed by atoms with Gasteiger partial charge in [-0.2, -0.15) is 0 Å². The van der Waals surface area contributed by atoms with Gasteiger partial charge >= 0.3 is 0 Å². The van der Waals surface area contributed by atoms with E-state index in [1.54, 1.807) is 0 Å². The summed E-state index contributed by atoms with van der Waals surface area (Å²) in [5.74, 6) is 1.60. The van der Waals surface area contributed by atoms with Gasteiger partial charge in [-0.15, -0.1) is 0 Å². The summed E-state index contributed by atoms with van der Waals surface area (Å²) in [5, 5.41) is 0. The normalized spacial score (nSPS) is 34.9. The topological polar surface area (TPSA) is 32.5 Å². The lowest BCUT2D eigenvalue weighted by Gasteiger charge is -2.43. The first-order valence-electron chi connectivity index (χ1n) is 8.20. The van der Waals surface area contributed by atoms with E-state index in [1.165, 1.54) is 58.4 Å². The molecule has 0 bridgehead atoms. The zero-order chi connectivity index (χ0) is 13.9. The van der Waals surface area contributed by atoms with Crippen LogP contribution in [-0.2, 0) is 0 Å². The fourth-order valence-corrected chi connectivity index (χ4v) is 3.94. The molecule has 2 atom stereocenters. The van der Waals surface area contributed by atoms with E-state index in [-0.39, 0.29) is 5.54 Å². The van der Waals surface area contributed by atoms with Crippen molar-refractivity contribution in [3.05, 3.63) is 0 Å². The van der Waals surface area contributed by atoms with Gasteiger partial charge in [-0.25, -0.2) is 0 Å². The summed E-state index contributed by atoms with van der Waals surface area (Å²) in [7, 11) is 0. The van der Waals surface area contributed by atoms with Gasteiger partial charge in [0.05, 0.1) is 0 Å². The van der Waals surface area contributed by atoms with Crippen LogP contribution in [0.2, 0.25) is 0 Å². The summed E-state index contributed by atoms with van der Waals surface area (Å²) >= 11 is 0. The molecule has 1 aliphatic carbocycles. The Morgan fingerprint density at radius 3 is 2.37 bits per heavy atom. The summed E-state index contributed by atoms with van der Waals surface area (Å²) in [5.41, 5.74) is 6.74. The van der Waals surface area contributed by atoms with Crippen molar-refractivity contribution in [3.63, 3.8) is 0 Å². The summed E-state index contributed by atoms with van der Waals surface area (Å²) in [6, 6.07) is 0. The molecule has 2 N–H and O–H groups in total. The van der Waals surface area contributed by atoms with E-state index in [9.17, 15) is 0 Å². The molecule has 1 heterocycles. The molecule has 2 fully saturated rings. The van der Waals surface area contributed by atoms with Gasteiger partial charge in [0, 0.05) is 44.8 Å². The molecule has 3 nitrogen and oxygen atoms in total. The second kappa shape index (κ2) is 6.55. The van der Waals surface area contributed by atoms with E-state index in [4.69, 9.17) is 5.73 Å². The average Bonchev–Trinajstić information content (AvgIpc) is 2.30. The summed E-state index contributed by atoms with van der Waals surface area (Å²) in [6.07, 6.45) is 5.15. The molecule has 0 radical (unpaired) electrons. The maximum Gasteiger partial charge on any atom is 0.0285 e. The van der Waals surface area contributed by atoms with Gasteiger partial charge in [-0.1, -0.05) is 33.6 Å². The van der Waals surface area contributed by atoms with Crippen LogP contribution in [0.15, 0.2) is 0 Å². The molecule has 2 rings (SSSR count). The van der Waals surface area contributed by atoms with Crippen LogP contribution in [0.1, 0.15) is 46.5 Å². The zero-order valence-corrected chi connectivity index (χ0v) is 13.2. The largest absolute Gasteiger partial charge is 0.324 e. The Labute approximate surface area is 119 Å². The Bertz CT molecular complexity index is 271. The van der Waals surface area contributed by atoms with Gasteiger partial charge in [-0.05, 0) is 24.7 Å². The molecule has 3 heteroatoms. The first-order chi connectivity index (χ1) is 8.97. The molecular formula is C16H33N3. The smallest absolute Gasteiger partial charge is 0.0285 e. The van der Waals surface area contributed by atoms with E-state index in [1.807, 2.05) is 0 Å². The van der Waals surface area contributed by atoms with Crippen molar-refractivity contribution >= 4 is 0 Å². The standard InChI is InChI=1S/C16H33N3/c1-14(2)12-18-7-9-19(10-8-18)13-16(17)6-4-5-15(3)11-16/h14-15H,4-13,17H2,1-3H3. The molecule has 0 aromatic rings. The second-order valence-corrected chi connectivity index (χ2v) is 7.53. The maximum atomic E-state index is 6.64. The highest BCUT2D eigenvalue weighted by Crippen LogP contribution is 2.31. The molecule has 0 aromatic heterocycles. The van der Waals surface area contributed by atoms with E-state index in [0.717, 1.165) is 18.4 Å². The molecule has 19 heavy (non-hydrogen) atoms. The van der Waals surface area contributed by atoms with Crippen LogP contribution in [0, 0.1) is 11.8 Å². The van der Waals surface area contributed by atoms with Gasteiger partial charge in [0.25, 0.3) is 0 Å². The molecule has 1 saturated carbocycles. The number of hydrogen-bond acceptors (Lipinski definition) is 3. The quantitative estimate of drug-likeness (QED) is 0.847. The lowest BCUT2D eigenvalue weighted by Crippen LogP contribution is -2.57. The minimum absolute atomic E-state index is 0.0951. The third kappa shape index (κ3) is 4.73. The third-order valence-electron chi connectivity index (χ3n) is 4.75.